The molecule has 0 N–H and O–H groups in total. The van der Waals surface area contributed by atoms with E-state index < -0.39 is 0 Å². The van der Waals surface area contributed by atoms with Gasteiger partial charge in [0.05, 0.1) is 19.4 Å². The van der Waals surface area contributed by atoms with Gasteiger partial charge in [-0.1, -0.05) is 5.16 Å². The molecule has 0 unspecified atom stereocenters. The van der Waals surface area contributed by atoms with Crippen LogP contribution in [-0.2, 0) is 0 Å². The van der Waals surface area contributed by atoms with Gasteiger partial charge in [0.2, 0.25) is 11.7 Å². The number of carbonyl (C=O) groups is 1. The van der Waals surface area contributed by atoms with Crippen LogP contribution in [0.4, 0.5) is 0 Å². The third kappa shape index (κ3) is 2.85. The Labute approximate surface area is 149 Å². The first kappa shape index (κ1) is 15.2. The molecule has 7 nitrogen and oxygen atoms in total. The van der Waals surface area contributed by atoms with E-state index in [2.05, 4.69) is 10.1 Å². The van der Waals surface area contributed by atoms with Crippen molar-refractivity contribution in [2.45, 2.75) is 24.9 Å². The second kappa shape index (κ2) is 6.01. The highest BCUT2D eigenvalue weighted by atomic mass is 16.5. The van der Waals surface area contributed by atoms with Crippen LogP contribution in [0.5, 0.6) is 5.75 Å². The van der Waals surface area contributed by atoms with E-state index in [0.29, 0.717) is 30.6 Å². The Morgan fingerprint density at radius 1 is 1.15 bits per heavy atom. The highest BCUT2D eigenvalue weighted by Crippen LogP contribution is 2.39. The number of rotatable bonds is 5. The topological polar surface area (TPSA) is 81.6 Å². The Bertz CT molecular complexity index is 907. The SMILES string of the molecule is O=C(c1ccco1)N1CC(Oc2ccc(-c3noc(C4CC4)n3)cc2)C1. The average molecular weight is 351 g/mol. The van der Waals surface area contributed by atoms with Crippen LogP contribution < -0.4 is 4.74 Å². The Morgan fingerprint density at radius 2 is 1.96 bits per heavy atom. The van der Waals surface area contributed by atoms with Gasteiger partial charge in [0.1, 0.15) is 11.9 Å². The Morgan fingerprint density at radius 3 is 2.65 bits per heavy atom. The molecule has 5 rings (SSSR count). The Hall–Kier alpha value is -3.09. The monoisotopic (exact) mass is 351 g/mol. The number of benzene rings is 1. The molecule has 7 heteroatoms. The number of ether oxygens (including phenoxy) is 1. The molecule has 3 aromatic rings. The minimum absolute atomic E-state index is 0.00796. The highest BCUT2D eigenvalue weighted by Gasteiger charge is 2.34. The zero-order valence-electron chi connectivity index (χ0n) is 14.0. The molecule has 0 atom stereocenters. The minimum Gasteiger partial charge on any atom is -0.487 e. The smallest absolute Gasteiger partial charge is 0.289 e. The van der Waals surface area contributed by atoms with Gasteiger partial charge in [0.15, 0.2) is 5.76 Å². The normalized spacial score (nSPS) is 17.2. The largest absolute Gasteiger partial charge is 0.487 e. The summed E-state index contributed by atoms with van der Waals surface area (Å²) < 4.78 is 16.3. The second-order valence-electron chi connectivity index (χ2n) is 6.68. The first-order valence-corrected chi connectivity index (χ1v) is 8.70. The van der Waals surface area contributed by atoms with Crippen LogP contribution in [-0.4, -0.2) is 40.1 Å². The Kier molecular flexibility index (Phi) is 3.51. The minimum atomic E-state index is -0.103. The molecule has 1 amide bonds. The molecule has 3 heterocycles. The van der Waals surface area contributed by atoms with Gasteiger partial charge in [-0.2, -0.15) is 4.98 Å². The number of likely N-dealkylation sites (tertiary alicyclic amines) is 1. The molecule has 2 aliphatic rings. The zero-order chi connectivity index (χ0) is 17.5. The van der Waals surface area contributed by atoms with Gasteiger partial charge < -0.3 is 18.6 Å². The summed E-state index contributed by atoms with van der Waals surface area (Å²) >= 11 is 0. The van der Waals surface area contributed by atoms with Gasteiger partial charge in [0, 0.05) is 11.5 Å². The number of nitrogens with zero attached hydrogens (tertiary/aromatic N) is 3. The zero-order valence-corrected chi connectivity index (χ0v) is 14.0. The van der Waals surface area contributed by atoms with Crippen LogP contribution in [0.1, 0.15) is 35.2 Å². The lowest BCUT2D eigenvalue weighted by molar-refractivity contribution is 0.0155. The fourth-order valence-electron chi connectivity index (χ4n) is 2.96. The van der Waals surface area contributed by atoms with Crippen LogP contribution in [0.15, 0.2) is 51.6 Å². The van der Waals surface area contributed by atoms with Gasteiger partial charge in [0.25, 0.3) is 5.91 Å². The van der Waals surface area contributed by atoms with Crippen LogP contribution in [0.25, 0.3) is 11.4 Å². The van der Waals surface area contributed by atoms with Gasteiger partial charge >= 0.3 is 0 Å². The van der Waals surface area contributed by atoms with Crippen molar-refractivity contribution in [1.29, 1.82) is 0 Å². The van der Waals surface area contributed by atoms with E-state index in [1.54, 1.807) is 17.0 Å². The summed E-state index contributed by atoms with van der Waals surface area (Å²) in [5, 5.41) is 4.04. The summed E-state index contributed by atoms with van der Waals surface area (Å²) in [4.78, 5) is 18.2. The van der Waals surface area contributed by atoms with Crippen molar-refractivity contribution in [2.75, 3.05) is 13.1 Å². The number of hydrogen-bond donors (Lipinski definition) is 0. The van der Waals surface area contributed by atoms with Crippen molar-refractivity contribution in [3.63, 3.8) is 0 Å². The van der Waals surface area contributed by atoms with Crippen molar-refractivity contribution in [3.05, 3.63) is 54.3 Å². The number of carbonyl (C=O) groups excluding carboxylic acids is 1. The molecule has 26 heavy (non-hydrogen) atoms. The molecule has 1 saturated carbocycles. The van der Waals surface area contributed by atoms with Crippen molar-refractivity contribution in [1.82, 2.24) is 15.0 Å². The maximum absolute atomic E-state index is 12.1. The van der Waals surface area contributed by atoms with E-state index in [9.17, 15) is 4.79 Å². The molecule has 2 aromatic heterocycles. The molecule has 0 bridgehead atoms. The van der Waals surface area contributed by atoms with Gasteiger partial charge in [-0.15, -0.1) is 0 Å². The fourth-order valence-corrected chi connectivity index (χ4v) is 2.96. The third-order valence-corrected chi connectivity index (χ3v) is 4.65. The van der Waals surface area contributed by atoms with Gasteiger partial charge in [-0.25, -0.2) is 0 Å². The predicted molar refractivity (Wildman–Crippen MR) is 90.7 cm³/mol. The number of hydrogen-bond acceptors (Lipinski definition) is 6. The highest BCUT2D eigenvalue weighted by molar-refractivity contribution is 5.92. The van der Waals surface area contributed by atoms with E-state index >= 15 is 0 Å². The fraction of sp³-hybridized carbons (Fsp3) is 0.316. The standard InChI is InChI=1S/C19H17N3O4/c23-19(16-2-1-9-24-16)22-10-15(11-22)25-14-7-5-12(6-8-14)17-20-18(26-21-17)13-3-4-13/h1-2,5-9,13,15H,3-4,10-11H2. The first-order chi connectivity index (χ1) is 12.8. The van der Waals surface area contributed by atoms with Crippen LogP contribution >= 0.6 is 0 Å². The molecule has 1 aliphatic heterocycles. The van der Waals surface area contributed by atoms with E-state index in [4.69, 9.17) is 13.7 Å². The molecular formula is C19H17N3O4. The molecule has 2 fully saturated rings. The third-order valence-electron chi connectivity index (χ3n) is 4.65. The van der Waals surface area contributed by atoms with E-state index in [0.717, 1.165) is 30.0 Å². The second-order valence-corrected chi connectivity index (χ2v) is 6.68. The summed E-state index contributed by atoms with van der Waals surface area (Å²) in [7, 11) is 0. The lowest BCUT2D eigenvalue weighted by Crippen LogP contribution is -2.56. The summed E-state index contributed by atoms with van der Waals surface area (Å²) in [6.45, 7) is 1.10. The number of amides is 1. The van der Waals surface area contributed by atoms with Gasteiger partial charge in [-0.05, 0) is 49.2 Å². The van der Waals surface area contributed by atoms with E-state index in [1.807, 2.05) is 24.3 Å². The molecule has 1 aliphatic carbocycles. The maximum Gasteiger partial charge on any atom is 0.289 e. The average Bonchev–Trinajstić information content (AvgIpc) is 3.12. The van der Waals surface area contributed by atoms with Crippen LogP contribution in [0.2, 0.25) is 0 Å². The summed E-state index contributed by atoms with van der Waals surface area (Å²) in [5.41, 5.74) is 0.899. The van der Waals surface area contributed by atoms with Crippen LogP contribution in [0.3, 0.4) is 0 Å². The molecule has 1 saturated heterocycles. The van der Waals surface area contributed by atoms with Crippen LogP contribution in [0, 0.1) is 0 Å². The first-order valence-electron chi connectivity index (χ1n) is 8.70. The van der Waals surface area contributed by atoms with Crippen molar-refractivity contribution < 1.29 is 18.5 Å². The molecule has 0 spiro atoms. The number of furan rings is 1. The quantitative estimate of drug-likeness (QED) is 0.702. The molecule has 132 valence electrons. The predicted octanol–water partition coefficient (Wildman–Crippen LogP) is 3.11. The lowest BCUT2D eigenvalue weighted by Gasteiger charge is -2.38. The summed E-state index contributed by atoms with van der Waals surface area (Å²) in [6, 6.07) is 11.0. The molecular weight excluding hydrogens is 334 g/mol. The van der Waals surface area contributed by atoms with Crippen molar-refractivity contribution in [3.8, 4) is 17.1 Å². The van der Waals surface area contributed by atoms with Gasteiger partial charge in [-0.3, -0.25) is 4.79 Å². The summed E-state index contributed by atoms with van der Waals surface area (Å²) in [5.74, 6) is 2.81. The number of aromatic nitrogens is 2. The molecule has 0 radical (unpaired) electrons. The lowest BCUT2D eigenvalue weighted by atomic mass is 10.1. The summed E-state index contributed by atoms with van der Waals surface area (Å²) in [6.07, 6.45) is 3.76. The Balaban J connectivity index is 1.17. The van der Waals surface area contributed by atoms with E-state index in [-0.39, 0.29) is 12.0 Å². The van der Waals surface area contributed by atoms with Crippen molar-refractivity contribution >= 4 is 5.91 Å². The van der Waals surface area contributed by atoms with Crippen molar-refractivity contribution in [2.24, 2.45) is 0 Å². The molecule has 1 aromatic carbocycles. The van der Waals surface area contributed by atoms with E-state index in [1.165, 1.54) is 6.26 Å². The maximum atomic E-state index is 12.1.